The van der Waals surface area contributed by atoms with Crippen LogP contribution >= 0.6 is 58.0 Å². The molecule has 0 aromatic rings. The first-order valence-electron chi connectivity index (χ1n) is 6.99. The van der Waals surface area contributed by atoms with Crippen molar-refractivity contribution in [2.45, 2.75) is 34.9 Å². The number of piperazine rings is 1. The van der Waals surface area contributed by atoms with Gasteiger partial charge in [0, 0.05) is 20.0 Å². The van der Waals surface area contributed by atoms with Crippen LogP contribution in [0.4, 0.5) is 0 Å². The number of likely N-dealkylation sites (N-methyl/N-ethyl adjacent to an activating group) is 2. The molecule has 2 amide bonds. The number of hydrogen-bond acceptors (Lipinski definition) is 2. The van der Waals surface area contributed by atoms with Gasteiger partial charge in [0.05, 0.1) is 0 Å². The molecule has 1 aliphatic rings. The lowest BCUT2D eigenvalue weighted by atomic mass is 9.97. The SMILES string of the molecule is C[C@@H](CC1C(=O)N(C)/C(=C\[C@H](C)C(Cl)(Cl)Cl)C(=O)N1C)C(Cl)Cl. The van der Waals surface area contributed by atoms with Crippen LogP contribution in [0.5, 0.6) is 0 Å². The fourth-order valence-electron chi connectivity index (χ4n) is 2.20. The van der Waals surface area contributed by atoms with Crippen LogP contribution in [0.25, 0.3) is 0 Å². The molecule has 0 radical (unpaired) electrons. The third-order valence-electron chi connectivity index (χ3n) is 3.93. The quantitative estimate of drug-likeness (QED) is 0.505. The molecule has 0 aromatic heterocycles. The highest BCUT2D eigenvalue weighted by Crippen LogP contribution is 2.37. The molecular weight excluding hydrogens is 405 g/mol. The van der Waals surface area contributed by atoms with Gasteiger partial charge in [0.25, 0.3) is 5.91 Å². The maximum absolute atomic E-state index is 12.6. The van der Waals surface area contributed by atoms with E-state index in [1.165, 1.54) is 22.9 Å². The average Bonchev–Trinajstić information content (AvgIpc) is 2.44. The van der Waals surface area contributed by atoms with Crippen LogP contribution in [0.15, 0.2) is 11.8 Å². The minimum absolute atomic E-state index is 0.137. The topological polar surface area (TPSA) is 40.6 Å². The van der Waals surface area contributed by atoms with Crippen LogP contribution in [-0.2, 0) is 9.59 Å². The first-order valence-corrected chi connectivity index (χ1v) is 9.00. The normalized spacial score (nSPS) is 24.6. The smallest absolute Gasteiger partial charge is 0.270 e. The molecule has 1 saturated heterocycles. The molecule has 0 spiro atoms. The van der Waals surface area contributed by atoms with E-state index in [9.17, 15) is 9.59 Å². The fourth-order valence-corrected chi connectivity index (χ4v) is 2.60. The summed E-state index contributed by atoms with van der Waals surface area (Å²) in [5.74, 6) is -1.22. The Morgan fingerprint density at radius 1 is 1.17 bits per heavy atom. The van der Waals surface area contributed by atoms with Crippen molar-refractivity contribution in [2.24, 2.45) is 11.8 Å². The number of rotatable bonds is 4. The Morgan fingerprint density at radius 3 is 2.13 bits per heavy atom. The highest BCUT2D eigenvalue weighted by atomic mass is 35.6. The fraction of sp³-hybridized carbons (Fsp3) is 0.714. The number of halogens is 5. The van der Waals surface area contributed by atoms with Gasteiger partial charge in [-0.15, -0.1) is 23.2 Å². The molecule has 9 heteroatoms. The Balaban J connectivity index is 3.07. The van der Waals surface area contributed by atoms with E-state index in [2.05, 4.69) is 0 Å². The van der Waals surface area contributed by atoms with E-state index < -0.39 is 20.6 Å². The Bertz CT molecular complexity index is 504. The maximum atomic E-state index is 12.6. The van der Waals surface area contributed by atoms with E-state index in [0.29, 0.717) is 6.42 Å². The lowest BCUT2D eigenvalue weighted by Gasteiger charge is -2.39. The summed E-state index contributed by atoms with van der Waals surface area (Å²) < 4.78 is -1.56. The molecule has 0 bridgehead atoms. The molecule has 0 aliphatic carbocycles. The first kappa shape index (κ1) is 21.2. The predicted molar refractivity (Wildman–Crippen MR) is 96.1 cm³/mol. The third-order valence-corrected chi connectivity index (χ3v) is 5.83. The van der Waals surface area contributed by atoms with Crippen LogP contribution in [0, 0.1) is 11.8 Å². The van der Waals surface area contributed by atoms with Crippen LogP contribution in [0.3, 0.4) is 0 Å². The average molecular weight is 425 g/mol. The molecule has 132 valence electrons. The van der Waals surface area contributed by atoms with Crippen LogP contribution in [0.1, 0.15) is 20.3 Å². The minimum Gasteiger partial charge on any atom is -0.328 e. The van der Waals surface area contributed by atoms with Crippen molar-refractivity contribution in [3.8, 4) is 0 Å². The molecule has 0 saturated carbocycles. The second kappa shape index (κ2) is 8.01. The van der Waals surface area contributed by atoms with Crippen molar-refractivity contribution >= 4 is 69.8 Å². The molecule has 1 unspecified atom stereocenters. The van der Waals surface area contributed by atoms with Gasteiger partial charge in [-0.1, -0.05) is 48.7 Å². The summed E-state index contributed by atoms with van der Waals surface area (Å²) in [6, 6.07) is -0.622. The van der Waals surface area contributed by atoms with E-state index in [4.69, 9.17) is 58.0 Å². The lowest BCUT2D eigenvalue weighted by molar-refractivity contribution is -0.149. The molecule has 1 rings (SSSR count). The highest BCUT2D eigenvalue weighted by Gasteiger charge is 2.41. The molecule has 0 aromatic carbocycles. The number of hydrogen-bond donors (Lipinski definition) is 0. The molecule has 1 heterocycles. The summed E-state index contributed by atoms with van der Waals surface area (Å²) in [4.78, 5) is 27.2. The number of carbonyl (C=O) groups excluding carboxylic acids is 2. The summed E-state index contributed by atoms with van der Waals surface area (Å²) >= 11 is 29.2. The summed E-state index contributed by atoms with van der Waals surface area (Å²) in [7, 11) is 3.09. The Hall–Kier alpha value is 0.130. The van der Waals surface area contributed by atoms with E-state index >= 15 is 0 Å². The molecule has 0 N–H and O–H groups in total. The monoisotopic (exact) mass is 422 g/mol. The summed E-state index contributed by atoms with van der Waals surface area (Å²) in [5.41, 5.74) is 0.188. The second-order valence-electron chi connectivity index (χ2n) is 5.76. The summed E-state index contributed by atoms with van der Waals surface area (Å²) in [5, 5.41) is 0. The Morgan fingerprint density at radius 2 is 1.70 bits per heavy atom. The molecule has 1 aliphatic heterocycles. The number of allylic oxidation sites excluding steroid dienone is 1. The van der Waals surface area contributed by atoms with Gasteiger partial charge >= 0.3 is 0 Å². The number of nitrogens with zero attached hydrogens (tertiary/aromatic N) is 2. The van der Waals surface area contributed by atoms with Crippen LogP contribution in [-0.4, -0.2) is 50.4 Å². The second-order valence-corrected chi connectivity index (χ2v) is 9.29. The number of carbonyl (C=O) groups is 2. The van der Waals surface area contributed by atoms with Gasteiger partial charge in [-0.3, -0.25) is 9.59 Å². The van der Waals surface area contributed by atoms with Gasteiger partial charge in [0.2, 0.25) is 5.91 Å². The Labute approximate surface area is 161 Å². The van der Waals surface area contributed by atoms with Crippen molar-refractivity contribution in [1.82, 2.24) is 9.80 Å². The molecule has 23 heavy (non-hydrogen) atoms. The summed E-state index contributed by atoms with van der Waals surface area (Å²) in [6.45, 7) is 3.48. The van der Waals surface area contributed by atoms with Gasteiger partial charge in [0.1, 0.15) is 16.6 Å². The lowest BCUT2D eigenvalue weighted by Crippen LogP contribution is -2.56. The minimum atomic E-state index is -1.56. The predicted octanol–water partition coefficient (Wildman–Crippen LogP) is 4.01. The number of alkyl halides is 5. The zero-order valence-corrected chi connectivity index (χ0v) is 17.0. The van der Waals surface area contributed by atoms with E-state index in [0.717, 1.165) is 0 Å². The van der Waals surface area contributed by atoms with Crippen molar-refractivity contribution in [1.29, 1.82) is 0 Å². The van der Waals surface area contributed by atoms with Crippen molar-refractivity contribution < 1.29 is 9.59 Å². The van der Waals surface area contributed by atoms with Crippen LogP contribution in [0.2, 0.25) is 0 Å². The van der Waals surface area contributed by atoms with Gasteiger partial charge in [-0.2, -0.15) is 0 Å². The molecule has 1 fully saturated rings. The number of amides is 2. The molecule has 3 atom stereocenters. The van der Waals surface area contributed by atoms with Crippen molar-refractivity contribution in [2.75, 3.05) is 14.1 Å². The van der Waals surface area contributed by atoms with E-state index in [1.54, 1.807) is 14.0 Å². The zero-order valence-electron chi connectivity index (χ0n) is 13.2. The molecule has 4 nitrogen and oxygen atoms in total. The van der Waals surface area contributed by atoms with Gasteiger partial charge in [-0.25, -0.2) is 0 Å². The van der Waals surface area contributed by atoms with Gasteiger partial charge < -0.3 is 9.80 Å². The van der Waals surface area contributed by atoms with E-state index in [1.807, 2.05) is 6.92 Å². The third kappa shape index (κ3) is 5.05. The van der Waals surface area contributed by atoms with Crippen molar-refractivity contribution in [3.63, 3.8) is 0 Å². The highest BCUT2D eigenvalue weighted by molar-refractivity contribution is 6.67. The molecular formula is C14H19Cl5N2O2. The summed E-state index contributed by atoms with van der Waals surface area (Å²) in [6.07, 6.45) is 1.87. The van der Waals surface area contributed by atoms with Gasteiger partial charge in [0.15, 0.2) is 3.79 Å². The van der Waals surface area contributed by atoms with Gasteiger partial charge in [-0.05, 0) is 18.4 Å². The van der Waals surface area contributed by atoms with Crippen LogP contribution < -0.4 is 0 Å². The van der Waals surface area contributed by atoms with Crippen molar-refractivity contribution in [3.05, 3.63) is 11.8 Å². The Kier molecular flexibility index (Phi) is 7.37. The first-order chi connectivity index (χ1) is 10.4. The largest absolute Gasteiger partial charge is 0.328 e. The zero-order chi connectivity index (χ0) is 18.1. The standard InChI is InChI=1S/C14H19Cl5N2O2/c1-7(11(15)16)5-9-12(22)21(4)10(13(23)20(9)3)6-8(2)14(17,18)19/h6-9,11H,5H2,1-4H3/b10-6-/t7-,8-,9?/m0/s1. The maximum Gasteiger partial charge on any atom is 0.270 e. The van der Waals surface area contributed by atoms with E-state index in [-0.39, 0.29) is 23.4 Å².